The lowest BCUT2D eigenvalue weighted by molar-refractivity contribution is -0.117. The quantitative estimate of drug-likeness (QED) is 0.721. The molecule has 0 saturated heterocycles. The number of ether oxygens (including phenoxy) is 1. The second kappa shape index (κ2) is 9.05. The molecule has 0 bridgehead atoms. The first-order valence-electron chi connectivity index (χ1n) is 8.95. The van der Waals surface area contributed by atoms with E-state index in [2.05, 4.69) is 5.32 Å². The Morgan fingerprint density at radius 3 is 2.43 bits per heavy atom. The van der Waals surface area contributed by atoms with Crippen LogP contribution >= 0.6 is 0 Å². The van der Waals surface area contributed by atoms with Gasteiger partial charge in [-0.1, -0.05) is 25.1 Å². The number of carbonyl (C=O) groups is 1. The minimum atomic E-state index is -3.91. The number of rotatable bonds is 8. The summed E-state index contributed by atoms with van der Waals surface area (Å²) < 4.78 is 45.5. The number of para-hydroxylation sites is 1. The molecule has 0 unspecified atom stereocenters. The topological polar surface area (TPSA) is 75.7 Å². The lowest BCUT2D eigenvalue weighted by atomic mass is 10.1. The van der Waals surface area contributed by atoms with Crippen LogP contribution in [0.25, 0.3) is 0 Å². The molecule has 0 radical (unpaired) electrons. The van der Waals surface area contributed by atoms with Gasteiger partial charge in [0.25, 0.3) is 0 Å². The minimum absolute atomic E-state index is 0.0314. The average Bonchev–Trinajstić information content (AvgIpc) is 2.59. The number of hydrogen-bond acceptors (Lipinski definition) is 4. The normalized spacial score (nSPS) is 12.5. The molecule has 2 rings (SSSR count). The van der Waals surface area contributed by atoms with Gasteiger partial charge in [-0.2, -0.15) is 0 Å². The molecular formula is C20H25FN2O4S. The van der Waals surface area contributed by atoms with Crippen LogP contribution in [-0.4, -0.2) is 32.7 Å². The van der Waals surface area contributed by atoms with Crippen LogP contribution in [0.15, 0.2) is 48.5 Å². The van der Waals surface area contributed by atoms with Crippen molar-refractivity contribution >= 4 is 27.3 Å². The first-order chi connectivity index (χ1) is 13.1. The van der Waals surface area contributed by atoms with Crippen LogP contribution in [-0.2, 0) is 14.8 Å². The van der Waals surface area contributed by atoms with Gasteiger partial charge in [0.15, 0.2) is 0 Å². The molecule has 1 N–H and O–H groups in total. The molecule has 1 amide bonds. The maximum Gasteiger partial charge on any atom is 0.248 e. The second-order valence-electron chi connectivity index (χ2n) is 6.62. The van der Waals surface area contributed by atoms with Crippen LogP contribution in [0.4, 0.5) is 15.8 Å². The molecule has 0 spiro atoms. The van der Waals surface area contributed by atoms with E-state index >= 15 is 0 Å². The Morgan fingerprint density at radius 1 is 1.18 bits per heavy atom. The summed E-state index contributed by atoms with van der Waals surface area (Å²) in [6.07, 6.45) is 1.08. The summed E-state index contributed by atoms with van der Waals surface area (Å²) >= 11 is 0. The Hall–Kier alpha value is -2.61. The van der Waals surface area contributed by atoms with E-state index in [1.807, 2.05) is 13.8 Å². The van der Waals surface area contributed by atoms with Crippen LogP contribution in [0.2, 0.25) is 0 Å². The molecule has 0 heterocycles. The van der Waals surface area contributed by atoms with Crippen molar-refractivity contribution in [2.45, 2.75) is 39.3 Å². The standard InChI is InChI=1S/C20H25FN2O4S/c1-5-18(23(28(4,25)26)19-12-7-6-11-17(19)21)20(24)22-15-9-8-10-16(13-15)27-14(2)3/h6-14,18H,5H2,1-4H3,(H,22,24)/t18-/m0/s1. The number of nitrogens with zero attached hydrogens (tertiary/aromatic N) is 1. The molecule has 0 aliphatic rings. The Balaban J connectivity index is 2.34. The molecule has 0 saturated carbocycles. The minimum Gasteiger partial charge on any atom is -0.491 e. The van der Waals surface area contributed by atoms with Gasteiger partial charge in [0.05, 0.1) is 18.0 Å². The van der Waals surface area contributed by atoms with E-state index in [0.29, 0.717) is 11.4 Å². The third-order valence-corrected chi connectivity index (χ3v) is 5.06. The molecular weight excluding hydrogens is 383 g/mol. The Kier molecular flexibility index (Phi) is 7.01. The second-order valence-corrected chi connectivity index (χ2v) is 8.48. The summed E-state index contributed by atoms with van der Waals surface area (Å²) in [7, 11) is -3.91. The van der Waals surface area contributed by atoms with Gasteiger partial charge in [-0.25, -0.2) is 12.8 Å². The molecule has 0 aliphatic carbocycles. The van der Waals surface area contributed by atoms with Gasteiger partial charge in [-0.3, -0.25) is 9.10 Å². The molecule has 6 nitrogen and oxygen atoms in total. The Labute approximate surface area is 165 Å². The first-order valence-corrected chi connectivity index (χ1v) is 10.8. The SMILES string of the molecule is CC[C@@H](C(=O)Nc1cccc(OC(C)C)c1)N(c1ccccc1F)S(C)(=O)=O. The van der Waals surface area contributed by atoms with Crippen LogP contribution in [0.5, 0.6) is 5.75 Å². The van der Waals surface area contributed by atoms with E-state index in [0.717, 1.165) is 16.6 Å². The van der Waals surface area contributed by atoms with Crippen molar-refractivity contribution in [1.29, 1.82) is 0 Å². The predicted molar refractivity (Wildman–Crippen MR) is 109 cm³/mol. The largest absolute Gasteiger partial charge is 0.491 e. The van der Waals surface area contributed by atoms with Crippen LogP contribution < -0.4 is 14.4 Å². The van der Waals surface area contributed by atoms with Crippen LogP contribution in [0, 0.1) is 5.82 Å². The third kappa shape index (κ3) is 5.45. The number of carbonyl (C=O) groups excluding carboxylic acids is 1. The van der Waals surface area contributed by atoms with E-state index in [1.165, 1.54) is 18.2 Å². The third-order valence-electron chi connectivity index (χ3n) is 3.89. The highest BCUT2D eigenvalue weighted by atomic mass is 32.2. The van der Waals surface area contributed by atoms with Gasteiger partial charge in [0.1, 0.15) is 17.6 Å². The highest BCUT2D eigenvalue weighted by molar-refractivity contribution is 7.92. The number of benzene rings is 2. The molecule has 2 aromatic carbocycles. The first kappa shape index (κ1) is 21.7. The van der Waals surface area contributed by atoms with E-state index in [9.17, 15) is 17.6 Å². The molecule has 2 aromatic rings. The van der Waals surface area contributed by atoms with Crippen molar-refractivity contribution < 1.29 is 22.3 Å². The number of anilines is 2. The fourth-order valence-corrected chi connectivity index (χ4v) is 4.02. The molecule has 0 aliphatic heterocycles. The Bertz CT molecular complexity index is 931. The van der Waals surface area contributed by atoms with Crippen molar-refractivity contribution in [2.75, 3.05) is 15.9 Å². The number of hydrogen-bond donors (Lipinski definition) is 1. The Morgan fingerprint density at radius 2 is 1.86 bits per heavy atom. The van der Waals surface area contributed by atoms with Crippen molar-refractivity contribution in [1.82, 2.24) is 0 Å². The number of nitrogens with one attached hydrogen (secondary N) is 1. The van der Waals surface area contributed by atoms with Crippen LogP contribution in [0.1, 0.15) is 27.2 Å². The average molecular weight is 408 g/mol. The van der Waals surface area contributed by atoms with Gasteiger partial charge in [-0.15, -0.1) is 0 Å². The molecule has 8 heteroatoms. The molecule has 152 valence electrons. The summed E-state index contributed by atoms with van der Waals surface area (Å²) in [4.78, 5) is 12.9. The highest BCUT2D eigenvalue weighted by Gasteiger charge is 2.33. The number of halogens is 1. The van der Waals surface area contributed by atoms with Gasteiger partial charge in [-0.05, 0) is 44.5 Å². The zero-order chi connectivity index (χ0) is 20.9. The van der Waals surface area contributed by atoms with E-state index in [-0.39, 0.29) is 18.2 Å². The maximum absolute atomic E-state index is 14.3. The summed E-state index contributed by atoms with van der Waals surface area (Å²) in [5, 5.41) is 2.70. The summed E-state index contributed by atoms with van der Waals surface area (Å²) in [5.74, 6) is -0.695. The zero-order valence-corrected chi connectivity index (χ0v) is 17.2. The fourth-order valence-electron chi connectivity index (χ4n) is 2.81. The molecule has 0 fully saturated rings. The number of amides is 1. The van der Waals surface area contributed by atoms with Crippen LogP contribution in [0.3, 0.4) is 0 Å². The van der Waals surface area contributed by atoms with Crippen molar-refractivity contribution in [3.8, 4) is 5.75 Å². The monoisotopic (exact) mass is 408 g/mol. The predicted octanol–water partition coefficient (Wildman–Crippen LogP) is 3.80. The molecule has 28 heavy (non-hydrogen) atoms. The fraction of sp³-hybridized carbons (Fsp3) is 0.350. The van der Waals surface area contributed by atoms with E-state index in [4.69, 9.17) is 4.74 Å². The van der Waals surface area contributed by atoms with Crippen molar-refractivity contribution in [3.05, 3.63) is 54.3 Å². The van der Waals surface area contributed by atoms with Gasteiger partial charge in [0.2, 0.25) is 15.9 Å². The molecule has 0 aromatic heterocycles. The lowest BCUT2D eigenvalue weighted by Crippen LogP contribution is -2.47. The smallest absolute Gasteiger partial charge is 0.248 e. The summed E-state index contributed by atoms with van der Waals surface area (Å²) in [6.45, 7) is 5.44. The van der Waals surface area contributed by atoms with E-state index < -0.39 is 27.8 Å². The van der Waals surface area contributed by atoms with Crippen molar-refractivity contribution in [3.63, 3.8) is 0 Å². The van der Waals surface area contributed by atoms with Crippen molar-refractivity contribution in [2.24, 2.45) is 0 Å². The lowest BCUT2D eigenvalue weighted by Gasteiger charge is -2.30. The maximum atomic E-state index is 14.3. The number of sulfonamides is 1. The zero-order valence-electron chi connectivity index (χ0n) is 16.3. The van der Waals surface area contributed by atoms with Gasteiger partial charge in [0, 0.05) is 11.8 Å². The van der Waals surface area contributed by atoms with E-state index in [1.54, 1.807) is 31.2 Å². The van der Waals surface area contributed by atoms with Gasteiger partial charge >= 0.3 is 0 Å². The summed E-state index contributed by atoms with van der Waals surface area (Å²) in [6, 6.07) is 11.2. The molecule has 1 atom stereocenters. The summed E-state index contributed by atoms with van der Waals surface area (Å²) in [5.41, 5.74) is 0.299. The highest BCUT2D eigenvalue weighted by Crippen LogP contribution is 2.26. The van der Waals surface area contributed by atoms with Gasteiger partial charge < -0.3 is 10.1 Å².